The number of nitro groups is 1. The standard InChI is InChI=1S/C18H13F3N4O4/c1-28-16-8-12(25(26)27)3-5-14(16)15-6-4-13(29-15)10-23-24-17-7-2-11(9-22-17)18(19,20)21/h2-10H,1H3,(H,22,24)/b23-10-. The summed E-state index contributed by atoms with van der Waals surface area (Å²) in [6, 6.07) is 9.37. The van der Waals surface area contributed by atoms with E-state index in [0.717, 1.165) is 12.1 Å². The Morgan fingerprint density at radius 1 is 1.24 bits per heavy atom. The van der Waals surface area contributed by atoms with Gasteiger partial charge in [-0.15, -0.1) is 0 Å². The van der Waals surface area contributed by atoms with E-state index in [2.05, 4.69) is 15.5 Å². The average molecular weight is 406 g/mol. The van der Waals surface area contributed by atoms with Crippen LogP contribution in [0.15, 0.2) is 58.2 Å². The second kappa shape index (κ2) is 8.00. The van der Waals surface area contributed by atoms with Crippen LogP contribution in [0.3, 0.4) is 0 Å². The van der Waals surface area contributed by atoms with Crippen molar-refractivity contribution in [3.8, 4) is 17.1 Å². The average Bonchev–Trinajstić information content (AvgIpc) is 3.15. The van der Waals surface area contributed by atoms with Gasteiger partial charge < -0.3 is 9.15 Å². The number of nitro benzene ring substituents is 1. The summed E-state index contributed by atoms with van der Waals surface area (Å²) in [5.41, 5.74) is 2.02. The van der Waals surface area contributed by atoms with Crippen LogP contribution in [-0.4, -0.2) is 23.2 Å². The Morgan fingerprint density at radius 3 is 2.66 bits per heavy atom. The second-order valence-corrected chi connectivity index (χ2v) is 5.64. The van der Waals surface area contributed by atoms with Gasteiger partial charge in [-0.1, -0.05) is 0 Å². The number of furan rings is 1. The minimum Gasteiger partial charge on any atom is -0.496 e. The van der Waals surface area contributed by atoms with Crippen molar-refractivity contribution < 1.29 is 27.2 Å². The van der Waals surface area contributed by atoms with Crippen LogP contribution in [0.1, 0.15) is 11.3 Å². The maximum Gasteiger partial charge on any atom is 0.417 e. The molecule has 150 valence electrons. The largest absolute Gasteiger partial charge is 0.496 e. The number of anilines is 1. The van der Waals surface area contributed by atoms with Crippen LogP contribution >= 0.6 is 0 Å². The molecule has 8 nitrogen and oxygen atoms in total. The predicted molar refractivity (Wildman–Crippen MR) is 97.8 cm³/mol. The zero-order valence-corrected chi connectivity index (χ0v) is 14.8. The number of halogens is 3. The summed E-state index contributed by atoms with van der Waals surface area (Å²) in [7, 11) is 1.38. The maximum absolute atomic E-state index is 12.5. The number of methoxy groups -OCH3 is 1. The van der Waals surface area contributed by atoms with Crippen LogP contribution in [0.4, 0.5) is 24.7 Å². The van der Waals surface area contributed by atoms with E-state index in [4.69, 9.17) is 9.15 Å². The van der Waals surface area contributed by atoms with Crippen molar-refractivity contribution in [1.82, 2.24) is 4.98 Å². The highest BCUT2D eigenvalue weighted by atomic mass is 19.4. The normalized spacial score (nSPS) is 11.6. The third-order valence-corrected chi connectivity index (χ3v) is 3.75. The van der Waals surface area contributed by atoms with Crippen molar-refractivity contribution in [3.05, 3.63) is 70.1 Å². The van der Waals surface area contributed by atoms with Gasteiger partial charge in [0.2, 0.25) is 0 Å². The molecule has 3 rings (SSSR count). The molecule has 29 heavy (non-hydrogen) atoms. The number of rotatable bonds is 6. The molecule has 0 aliphatic carbocycles. The van der Waals surface area contributed by atoms with Gasteiger partial charge in [0.25, 0.3) is 5.69 Å². The highest BCUT2D eigenvalue weighted by molar-refractivity contribution is 5.79. The van der Waals surface area contributed by atoms with Gasteiger partial charge in [-0.05, 0) is 30.3 Å². The molecule has 11 heteroatoms. The molecule has 0 fully saturated rings. The van der Waals surface area contributed by atoms with Gasteiger partial charge in [-0.3, -0.25) is 15.5 Å². The molecule has 0 saturated carbocycles. The molecule has 0 unspecified atom stereocenters. The monoisotopic (exact) mass is 406 g/mol. The molecule has 0 radical (unpaired) electrons. The number of alkyl halides is 3. The fourth-order valence-corrected chi connectivity index (χ4v) is 2.35. The van der Waals surface area contributed by atoms with E-state index in [1.165, 1.54) is 31.5 Å². The van der Waals surface area contributed by atoms with Gasteiger partial charge in [0.05, 0.1) is 35.4 Å². The molecular formula is C18H13F3N4O4. The third kappa shape index (κ3) is 4.69. The lowest BCUT2D eigenvalue weighted by molar-refractivity contribution is -0.384. The molecule has 0 aliphatic rings. The van der Waals surface area contributed by atoms with Crippen molar-refractivity contribution in [2.45, 2.75) is 6.18 Å². The molecular weight excluding hydrogens is 393 g/mol. The summed E-state index contributed by atoms with van der Waals surface area (Å²) in [6.45, 7) is 0. The van der Waals surface area contributed by atoms with Crippen LogP contribution in [-0.2, 0) is 6.18 Å². The lowest BCUT2D eigenvalue weighted by Gasteiger charge is -2.06. The number of ether oxygens (including phenoxy) is 1. The van der Waals surface area contributed by atoms with Crippen molar-refractivity contribution in [2.75, 3.05) is 12.5 Å². The zero-order chi connectivity index (χ0) is 21.0. The number of hydrogen-bond acceptors (Lipinski definition) is 7. The Bertz CT molecular complexity index is 1050. The molecule has 0 aliphatic heterocycles. The Morgan fingerprint density at radius 2 is 2.03 bits per heavy atom. The van der Waals surface area contributed by atoms with Gasteiger partial charge in [0.1, 0.15) is 23.1 Å². The number of hydrazone groups is 1. The lowest BCUT2D eigenvalue weighted by Crippen LogP contribution is -2.05. The molecule has 0 amide bonds. The first-order chi connectivity index (χ1) is 13.8. The third-order valence-electron chi connectivity index (χ3n) is 3.75. The van der Waals surface area contributed by atoms with E-state index < -0.39 is 16.7 Å². The van der Waals surface area contributed by atoms with E-state index in [1.54, 1.807) is 12.1 Å². The highest BCUT2D eigenvalue weighted by Gasteiger charge is 2.30. The maximum atomic E-state index is 12.5. The Balaban J connectivity index is 1.71. The van der Waals surface area contributed by atoms with Crippen molar-refractivity contribution in [1.29, 1.82) is 0 Å². The van der Waals surface area contributed by atoms with Crippen LogP contribution in [0.2, 0.25) is 0 Å². The molecule has 1 aromatic carbocycles. The smallest absolute Gasteiger partial charge is 0.417 e. The highest BCUT2D eigenvalue weighted by Crippen LogP contribution is 2.34. The Kier molecular flexibility index (Phi) is 5.48. The fourth-order valence-electron chi connectivity index (χ4n) is 2.35. The second-order valence-electron chi connectivity index (χ2n) is 5.64. The Hall–Kier alpha value is -3.89. The van der Waals surface area contributed by atoms with E-state index >= 15 is 0 Å². The zero-order valence-electron chi connectivity index (χ0n) is 14.8. The topological polar surface area (TPSA) is 103 Å². The Labute approximate surface area is 161 Å². The van der Waals surface area contributed by atoms with Gasteiger partial charge in [-0.2, -0.15) is 18.3 Å². The molecule has 3 aromatic rings. The first-order valence-corrected chi connectivity index (χ1v) is 8.03. The SMILES string of the molecule is COc1cc([N+](=O)[O-])ccc1-c1ccc(/C=N\Nc2ccc(C(F)(F)F)cn2)o1. The van der Waals surface area contributed by atoms with Crippen LogP contribution in [0.5, 0.6) is 5.75 Å². The number of aromatic nitrogens is 1. The van der Waals surface area contributed by atoms with Gasteiger partial charge in [0.15, 0.2) is 0 Å². The molecule has 2 heterocycles. The quantitative estimate of drug-likeness (QED) is 0.361. The van der Waals surface area contributed by atoms with E-state index in [0.29, 0.717) is 23.3 Å². The summed E-state index contributed by atoms with van der Waals surface area (Å²) in [6.07, 6.45) is -2.46. The van der Waals surface area contributed by atoms with E-state index in [9.17, 15) is 23.3 Å². The van der Waals surface area contributed by atoms with Gasteiger partial charge >= 0.3 is 6.18 Å². The van der Waals surface area contributed by atoms with Crippen LogP contribution in [0.25, 0.3) is 11.3 Å². The number of nitrogens with zero attached hydrogens (tertiary/aromatic N) is 3. The molecule has 0 saturated heterocycles. The molecule has 1 N–H and O–H groups in total. The molecule has 2 aromatic heterocycles. The number of pyridine rings is 1. The summed E-state index contributed by atoms with van der Waals surface area (Å²) in [5, 5.41) is 14.7. The predicted octanol–water partition coefficient (Wildman–Crippen LogP) is 4.72. The number of hydrogen-bond donors (Lipinski definition) is 1. The minimum absolute atomic E-state index is 0.118. The van der Waals surface area contributed by atoms with E-state index in [-0.39, 0.29) is 17.3 Å². The summed E-state index contributed by atoms with van der Waals surface area (Å²) in [4.78, 5) is 14.0. The molecule has 0 atom stereocenters. The number of nitrogens with one attached hydrogen (secondary N) is 1. The minimum atomic E-state index is -4.46. The van der Waals surface area contributed by atoms with Crippen molar-refractivity contribution in [3.63, 3.8) is 0 Å². The van der Waals surface area contributed by atoms with Gasteiger partial charge in [0, 0.05) is 12.3 Å². The van der Waals surface area contributed by atoms with Crippen LogP contribution in [0, 0.1) is 10.1 Å². The van der Waals surface area contributed by atoms with Crippen molar-refractivity contribution in [2.24, 2.45) is 5.10 Å². The fraction of sp³-hybridized carbons (Fsp3) is 0.111. The number of non-ortho nitro benzene ring substituents is 1. The first kappa shape index (κ1) is 19.9. The molecule has 0 bridgehead atoms. The lowest BCUT2D eigenvalue weighted by atomic mass is 10.1. The summed E-state index contributed by atoms with van der Waals surface area (Å²) in [5.74, 6) is 1.12. The summed E-state index contributed by atoms with van der Waals surface area (Å²) < 4.78 is 48.3. The van der Waals surface area contributed by atoms with Crippen LogP contribution < -0.4 is 10.2 Å². The van der Waals surface area contributed by atoms with Crippen molar-refractivity contribution >= 4 is 17.7 Å². The molecule has 0 spiro atoms. The summed E-state index contributed by atoms with van der Waals surface area (Å²) >= 11 is 0. The number of benzene rings is 1. The first-order valence-electron chi connectivity index (χ1n) is 8.03. The van der Waals surface area contributed by atoms with Gasteiger partial charge in [-0.25, -0.2) is 4.98 Å². The van der Waals surface area contributed by atoms with E-state index in [1.807, 2.05) is 0 Å².